The Labute approximate surface area is 234 Å². The number of carboxylic acid groups (broad SMARTS) is 1. The Morgan fingerprint density at radius 2 is 1.88 bits per heavy atom. The van der Waals surface area contributed by atoms with Gasteiger partial charge in [0.25, 0.3) is 5.56 Å². The fourth-order valence-electron chi connectivity index (χ4n) is 4.52. The van der Waals surface area contributed by atoms with Crippen molar-refractivity contribution in [2.24, 2.45) is 0 Å². The molecule has 3 aromatic heterocycles. The van der Waals surface area contributed by atoms with Crippen LogP contribution in [-0.2, 0) is 11.3 Å². The van der Waals surface area contributed by atoms with Gasteiger partial charge in [-0.2, -0.15) is 14.9 Å². The predicted octanol–water partition coefficient (Wildman–Crippen LogP) is 2.31. The van der Waals surface area contributed by atoms with Crippen LogP contribution < -0.4 is 20.8 Å². The Hall–Kier alpha value is -4.98. The second-order valence-corrected chi connectivity index (χ2v) is 10.1. The number of rotatable bonds is 7. The first kappa shape index (κ1) is 27.6. The summed E-state index contributed by atoms with van der Waals surface area (Å²) in [7, 11) is 3.03. The number of hydrogen-bond donors (Lipinski definition) is 2. The third-order valence-corrected chi connectivity index (χ3v) is 6.76. The Kier molecular flexibility index (Phi) is 7.32. The number of benzene rings is 1. The zero-order valence-corrected chi connectivity index (χ0v) is 23.0. The number of methoxy groups -OCH3 is 2. The fourth-order valence-corrected chi connectivity index (χ4v) is 4.52. The van der Waals surface area contributed by atoms with E-state index in [4.69, 9.17) is 19.9 Å². The molecule has 41 heavy (non-hydrogen) atoms. The molecule has 1 saturated heterocycles. The van der Waals surface area contributed by atoms with Crippen LogP contribution in [0.1, 0.15) is 13.8 Å². The topological polar surface area (TPSA) is 173 Å². The summed E-state index contributed by atoms with van der Waals surface area (Å²) in [5.74, 6) is 1.12. The Morgan fingerprint density at radius 1 is 1.15 bits per heavy atom. The smallest absolute Gasteiger partial charge is 0.407 e. The van der Waals surface area contributed by atoms with Gasteiger partial charge < -0.3 is 25.1 Å². The van der Waals surface area contributed by atoms with Gasteiger partial charge in [-0.25, -0.2) is 14.8 Å². The van der Waals surface area contributed by atoms with Gasteiger partial charge in [-0.1, -0.05) is 0 Å². The maximum absolute atomic E-state index is 12.7. The van der Waals surface area contributed by atoms with Crippen molar-refractivity contribution in [1.82, 2.24) is 34.4 Å². The van der Waals surface area contributed by atoms with Crippen molar-refractivity contribution in [2.75, 3.05) is 33.1 Å². The molecule has 0 saturated carbocycles. The van der Waals surface area contributed by atoms with Crippen LogP contribution in [0, 0.1) is 0 Å². The SMILES string of the molecule is COc1cc(OC)cc(-n2nc(-c3nc(-c4cnn(CC5CN(C(=O)O)C(C)(C)CO5)c4)cnc3N)ccc2=O)c1. The van der Waals surface area contributed by atoms with Gasteiger partial charge in [0, 0.05) is 36.0 Å². The summed E-state index contributed by atoms with van der Waals surface area (Å²) in [6, 6.07) is 7.90. The van der Waals surface area contributed by atoms with E-state index in [0.717, 1.165) is 0 Å². The van der Waals surface area contributed by atoms with E-state index in [0.29, 0.717) is 40.7 Å². The standard InChI is InChI=1S/C27H30N8O6/c1-27(2)15-41-20(14-34(27)26(37)38)13-33-12-16(10-30-33)22-11-29-25(28)24(31-22)21-5-6-23(36)35(32-21)17-7-18(39-3)9-19(8-17)40-4/h5-12,20H,13-15H2,1-4H3,(H2,28,29)(H,37,38). The minimum absolute atomic E-state index is 0.133. The molecule has 214 valence electrons. The summed E-state index contributed by atoms with van der Waals surface area (Å²) in [5, 5.41) is 18.5. The van der Waals surface area contributed by atoms with Gasteiger partial charge in [0.1, 0.15) is 22.9 Å². The molecule has 1 aromatic carbocycles. The summed E-state index contributed by atoms with van der Waals surface area (Å²) in [6.45, 7) is 4.52. The van der Waals surface area contributed by atoms with Crippen LogP contribution in [0.15, 0.2) is 53.7 Å². The average molecular weight is 563 g/mol. The van der Waals surface area contributed by atoms with E-state index >= 15 is 0 Å². The van der Waals surface area contributed by atoms with E-state index < -0.39 is 11.6 Å². The van der Waals surface area contributed by atoms with E-state index in [-0.39, 0.29) is 36.3 Å². The number of amides is 1. The third-order valence-electron chi connectivity index (χ3n) is 6.76. The largest absolute Gasteiger partial charge is 0.497 e. The molecule has 0 spiro atoms. The first-order valence-electron chi connectivity index (χ1n) is 12.7. The van der Waals surface area contributed by atoms with Crippen molar-refractivity contribution < 1.29 is 24.1 Å². The Morgan fingerprint density at radius 3 is 2.56 bits per heavy atom. The van der Waals surface area contributed by atoms with Crippen LogP contribution in [0.3, 0.4) is 0 Å². The zero-order chi connectivity index (χ0) is 29.3. The highest BCUT2D eigenvalue weighted by atomic mass is 16.5. The maximum atomic E-state index is 12.7. The highest BCUT2D eigenvalue weighted by Crippen LogP contribution is 2.27. The van der Waals surface area contributed by atoms with Crippen LogP contribution in [0.5, 0.6) is 11.5 Å². The highest BCUT2D eigenvalue weighted by Gasteiger charge is 2.38. The molecule has 1 atom stereocenters. The summed E-state index contributed by atoms with van der Waals surface area (Å²) < 4.78 is 19.4. The normalized spacial score (nSPS) is 16.4. The molecule has 4 heterocycles. The molecule has 4 aromatic rings. The monoisotopic (exact) mass is 562 g/mol. The Balaban J connectivity index is 1.42. The predicted molar refractivity (Wildman–Crippen MR) is 148 cm³/mol. The van der Waals surface area contributed by atoms with Gasteiger partial charge >= 0.3 is 6.09 Å². The summed E-state index contributed by atoms with van der Waals surface area (Å²) in [5.41, 5.74) is 7.40. The molecular formula is C27H30N8O6. The van der Waals surface area contributed by atoms with E-state index in [9.17, 15) is 14.7 Å². The first-order valence-corrected chi connectivity index (χ1v) is 12.7. The lowest BCUT2D eigenvalue weighted by atomic mass is 10.0. The van der Waals surface area contributed by atoms with Crippen LogP contribution in [0.2, 0.25) is 0 Å². The fraction of sp³-hybridized carbons (Fsp3) is 0.333. The molecule has 14 heteroatoms. The molecule has 1 amide bonds. The number of nitrogens with two attached hydrogens (primary N) is 1. The zero-order valence-electron chi connectivity index (χ0n) is 23.0. The van der Waals surface area contributed by atoms with E-state index in [1.165, 1.54) is 42.1 Å². The molecule has 0 bridgehead atoms. The average Bonchev–Trinajstić information content (AvgIpc) is 3.42. The number of nitrogens with zero attached hydrogens (tertiary/aromatic N) is 7. The molecule has 14 nitrogen and oxygen atoms in total. The number of ether oxygens (including phenoxy) is 3. The number of morpholine rings is 1. The number of anilines is 1. The van der Waals surface area contributed by atoms with Crippen molar-refractivity contribution in [2.45, 2.75) is 32.0 Å². The maximum Gasteiger partial charge on any atom is 0.407 e. The van der Waals surface area contributed by atoms with Crippen LogP contribution in [0.25, 0.3) is 28.3 Å². The second kappa shape index (κ2) is 10.9. The van der Waals surface area contributed by atoms with Crippen molar-refractivity contribution >= 4 is 11.9 Å². The summed E-state index contributed by atoms with van der Waals surface area (Å²) in [6.07, 6.45) is 3.58. The van der Waals surface area contributed by atoms with Gasteiger partial charge in [-0.15, -0.1) is 0 Å². The van der Waals surface area contributed by atoms with Crippen LogP contribution in [0.4, 0.5) is 10.6 Å². The molecule has 1 fully saturated rings. The lowest BCUT2D eigenvalue weighted by molar-refractivity contribution is -0.0918. The van der Waals surface area contributed by atoms with Gasteiger partial charge in [0.15, 0.2) is 5.82 Å². The molecule has 0 aliphatic carbocycles. The molecule has 5 rings (SSSR count). The van der Waals surface area contributed by atoms with Gasteiger partial charge in [0.2, 0.25) is 0 Å². The number of aromatic nitrogens is 6. The van der Waals surface area contributed by atoms with Gasteiger partial charge in [0.05, 0.1) is 69.3 Å². The molecule has 0 radical (unpaired) electrons. The van der Waals surface area contributed by atoms with Gasteiger partial charge in [-0.05, 0) is 19.9 Å². The first-order chi connectivity index (χ1) is 19.6. The number of carbonyl (C=O) groups is 1. The minimum Gasteiger partial charge on any atom is -0.497 e. The number of hydrogen-bond acceptors (Lipinski definition) is 10. The van der Waals surface area contributed by atoms with Crippen LogP contribution in [-0.4, -0.2) is 84.6 Å². The third kappa shape index (κ3) is 5.68. The number of nitrogen functional groups attached to an aromatic ring is 1. The van der Waals surface area contributed by atoms with Crippen LogP contribution >= 0.6 is 0 Å². The van der Waals surface area contributed by atoms with E-state index in [1.54, 1.807) is 35.3 Å². The summed E-state index contributed by atoms with van der Waals surface area (Å²) >= 11 is 0. The molecular weight excluding hydrogens is 532 g/mol. The quantitative estimate of drug-likeness (QED) is 0.338. The molecule has 1 aliphatic rings. The van der Waals surface area contributed by atoms with E-state index in [1.807, 2.05) is 13.8 Å². The van der Waals surface area contributed by atoms with Crippen molar-refractivity contribution in [3.8, 4) is 39.8 Å². The van der Waals surface area contributed by atoms with E-state index in [2.05, 4.69) is 20.2 Å². The Bertz CT molecular complexity index is 1630. The lowest BCUT2D eigenvalue weighted by Crippen LogP contribution is -2.58. The summed E-state index contributed by atoms with van der Waals surface area (Å²) in [4.78, 5) is 34.8. The van der Waals surface area contributed by atoms with Crippen molar-refractivity contribution in [3.63, 3.8) is 0 Å². The second-order valence-electron chi connectivity index (χ2n) is 10.1. The minimum atomic E-state index is -0.986. The highest BCUT2D eigenvalue weighted by molar-refractivity contribution is 5.70. The van der Waals surface area contributed by atoms with Crippen molar-refractivity contribution in [1.29, 1.82) is 0 Å². The molecule has 3 N–H and O–H groups in total. The van der Waals surface area contributed by atoms with Crippen molar-refractivity contribution in [3.05, 3.63) is 59.3 Å². The lowest BCUT2D eigenvalue weighted by Gasteiger charge is -2.43. The molecule has 1 aliphatic heterocycles. The molecule has 1 unspecified atom stereocenters. The van der Waals surface area contributed by atoms with Gasteiger partial charge in [-0.3, -0.25) is 14.4 Å².